The first kappa shape index (κ1) is 29.6. The number of nitrogens with zero attached hydrogens (tertiary/aromatic N) is 1. The fourth-order valence-corrected chi connectivity index (χ4v) is 5.69. The van der Waals surface area contributed by atoms with E-state index in [9.17, 15) is 19.2 Å². The van der Waals surface area contributed by atoms with Crippen molar-refractivity contribution in [3.8, 4) is 0 Å². The molecule has 3 N–H and O–H groups in total. The molecule has 1 aromatic rings. The van der Waals surface area contributed by atoms with Crippen LogP contribution in [-0.2, 0) is 19.1 Å². The van der Waals surface area contributed by atoms with Gasteiger partial charge in [0.1, 0.15) is 23.2 Å². The van der Waals surface area contributed by atoms with Gasteiger partial charge in [0, 0.05) is 12.5 Å². The molecule has 0 aromatic heterocycles. The number of ether oxygens (including phenoxy) is 1. The van der Waals surface area contributed by atoms with Crippen LogP contribution in [-0.4, -0.2) is 58.5 Å². The minimum absolute atomic E-state index is 0.100. The van der Waals surface area contributed by atoms with E-state index < -0.39 is 29.3 Å². The summed E-state index contributed by atoms with van der Waals surface area (Å²) in [6.07, 6.45) is 9.11. The summed E-state index contributed by atoms with van der Waals surface area (Å²) < 4.78 is 5.42. The number of fused-ring (bicyclic) bond motifs is 2. The summed E-state index contributed by atoms with van der Waals surface area (Å²) in [6, 6.07) is 8.04. The Hall–Kier alpha value is -3.36. The molecule has 4 rings (SSSR count). The van der Waals surface area contributed by atoms with Gasteiger partial charge in [0.2, 0.25) is 17.7 Å². The van der Waals surface area contributed by atoms with Crippen LogP contribution >= 0.6 is 0 Å². The van der Waals surface area contributed by atoms with Gasteiger partial charge in [-0.2, -0.15) is 0 Å². The Morgan fingerprint density at radius 3 is 2.55 bits per heavy atom. The molecular weight excluding hydrogens is 508 g/mol. The van der Waals surface area contributed by atoms with Gasteiger partial charge >= 0.3 is 6.09 Å². The van der Waals surface area contributed by atoms with E-state index in [1.54, 1.807) is 25.7 Å². The van der Waals surface area contributed by atoms with Crippen molar-refractivity contribution in [3.05, 3.63) is 48.0 Å². The fourth-order valence-electron chi connectivity index (χ4n) is 5.69. The zero-order valence-corrected chi connectivity index (χ0v) is 24.2. The third-order valence-corrected chi connectivity index (χ3v) is 7.97. The fraction of sp³-hybridized carbons (Fsp3) is 0.613. The van der Waals surface area contributed by atoms with Gasteiger partial charge in [0.25, 0.3) is 0 Å². The van der Waals surface area contributed by atoms with Crippen LogP contribution in [0.5, 0.6) is 0 Å². The highest BCUT2D eigenvalue weighted by Crippen LogP contribution is 2.46. The average Bonchev–Trinajstić information content (AvgIpc) is 3.36. The topological polar surface area (TPSA) is 117 Å². The standard InChI is InChI=1S/C31H44N4O5/c1-21(22-14-9-8-10-15-22)32-28(38)31-20-23(31)16-11-6-5-7-12-17-24(33-29(39)40-30(2,3)4)27(37)35-19-13-18-25(35)26(36)34-31/h8-11,14-16,21,23-25H,5-7,12-13,17-20H2,1-4H3,(H,32,38)(H,33,39)(H,34,36)/b16-11-/t21-,23+,24-,25?,31+/m0/s1. The van der Waals surface area contributed by atoms with Crippen molar-refractivity contribution in [2.45, 2.75) is 108 Å². The number of nitrogens with one attached hydrogen (secondary N) is 3. The van der Waals surface area contributed by atoms with Crippen molar-refractivity contribution >= 4 is 23.8 Å². The lowest BCUT2D eigenvalue weighted by Gasteiger charge is -2.31. The molecule has 0 bridgehead atoms. The van der Waals surface area contributed by atoms with E-state index in [4.69, 9.17) is 4.74 Å². The molecule has 2 fully saturated rings. The first-order chi connectivity index (χ1) is 19.0. The van der Waals surface area contributed by atoms with Gasteiger partial charge in [-0.1, -0.05) is 55.3 Å². The molecule has 5 atom stereocenters. The minimum Gasteiger partial charge on any atom is -0.444 e. The second-order valence-electron chi connectivity index (χ2n) is 12.3. The van der Waals surface area contributed by atoms with E-state index in [0.29, 0.717) is 32.2 Å². The molecule has 2 heterocycles. The highest BCUT2D eigenvalue weighted by molar-refractivity contribution is 5.98. The van der Waals surface area contributed by atoms with Crippen molar-refractivity contribution in [2.24, 2.45) is 5.92 Å². The van der Waals surface area contributed by atoms with Gasteiger partial charge in [-0.3, -0.25) is 14.4 Å². The van der Waals surface area contributed by atoms with Crippen molar-refractivity contribution in [3.63, 3.8) is 0 Å². The zero-order valence-electron chi connectivity index (χ0n) is 24.2. The van der Waals surface area contributed by atoms with E-state index in [0.717, 1.165) is 31.2 Å². The molecule has 3 aliphatic rings. The van der Waals surface area contributed by atoms with Crippen LogP contribution in [0.1, 0.15) is 90.7 Å². The Morgan fingerprint density at radius 2 is 1.82 bits per heavy atom. The highest BCUT2D eigenvalue weighted by atomic mass is 16.6. The molecule has 1 unspecified atom stereocenters. The Balaban J connectivity index is 1.53. The third-order valence-electron chi connectivity index (χ3n) is 7.97. The number of carbonyl (C=O) groups is 4. The number of alkyl carbamates (subject to hydrolysis) is 1. The molecule has 1 aromatic carbocycles. The van der Waals surface area contributed by atoms with Gasteiger partial charge in [-0.05, 0) is 71.8 Å². The number of allylic oxidation sites excluding steroid dienone is 1. The summed E-state index contributed by atoms with van der Waals surface area (Å²) in [5, 5.41) is 8.93. The van der Waals surface area contributed by atoms with Crippen LogP contribution in [0.4, 0.5) is 4.79 Å². The number of amides is 4. The lowest BCUT2D eigenvalue weighted by molar-refractivity contribution is -0.141. The van der Waals surface area contributed by atoms with E-state index in [2.05, 4.69) is 28.1 Å². The van der Waals surface area contributed by atoms with E-state index >= 15 is 0 Å². The molecule has 218 valence electrons. The minimum atomic E-state index is -1.04. The molecular formula is C31H44N4O5. The summed E-state index contributed by atoms with van der Waals surface area (Å²) in [7, 11) is 0. The Bertz CT molecular complexity index is 1110. The van der Waals surface area contributed by atoms with Gasteiger partial charge in [-0.25, -0.2) is 4.79 Å². The van der Waals surface area contributed by atoms with E-state index in [1.165, 1.54) is 0 Å². The van der Waals surface area contributed by atoms with E-state index in [1.807, 2.05) is 37.3 Å². The number of hydrogen-bond donors (Lipinski definition) is 3. The molecule has 1 saturated carbocycles. The summed E-state index contributed by atoms with van der Waals surface area (Å²) in [6.45, 7) is 7.68. The summed E-state index contributed by atoms with van der Waals surface area (Å²) >= 11 is 0. The largest absolute Gasteiger partial charge is 0.444 e. The molecule has 9 nitrogen and oxygen atoms in total. The number of carbonyl (C=O) groups excluding carboxylic acids is 4. The molecule has 40 heavy (non-hydrogen) atoms. The smallest absolute Gasteiger partial charge is 0.408 e. The normalized spacial score (nSPS) is 29.0. The Kier molecular flexibility index (Phi) is 9.21. The molecule has 1 aliphatic carbocycles. The molecule has 0 radical (unpaired) electrons. The van der Waals surface area contributed by atoms with Gasteiger partial charge in [-0.15, -0.1) is 0 Å². The first-order valence-electron chi connectivity index (χ1n) is 14.6. The highest BCUT2D eigenvalue weighted by Gasteiger charge is 2.60. The SMILES string of the molecule is C[C@H](NC(=O)[C@@]12C[C@H]1/C=C\CCCCC[C@H](NC(=O)OC(C)(C)C)C(=O)N1CCCC1C(=O)N2)c1ccccc1. The van der Waals surface area contributed by atoms with Crippen molar-refractivity contribution in [2.75, 3.05) is 6.54 Å². The summed E-state index contributed by atoms with van der Waals surface area (Å²) in [5.74, 6) is -0.914. The van der Waals surface area contributed by atoms with E-state index in [-0.39, 0.29) is 29.7 Å². The van der Waals surface area contributed by atoms with Crippen LogP contribution in [0.25, 0.3) is 0 Å². The second-order valence-corrected chi connectivity index (χ2v) is 12.3. The lowest BCUT2D eigenvalue weighted by Crippen LogP contribution is -2.58. The monoisotopic (exact) mass is 552 g/mol. The maximum atomic E-state index is 13.7. The van der Waals surface area contributed by atoms with Gasteiger partial charge < -0.3 is 25.6 Å². The van der Waals surface area contributed by atoms with Gasteiger partial charge in [0.05, 0.1) is 6.04 Å². The molecule has 4 amide bonds. The predicted molar refractivity (Wildman–Crippen MR) is 152 cm³/mol. The quantitative estimate of drug-likeness (QED) is 0.486. The van der Waals surface area contributed by atoms with Gasteiger partial charge in [0.15, 0.2) is 0 Å². The van der Waals surface area contributed by atoms with Crippen molar-refractivity contribution in [1.29, 1.82) is 0 Å². The first-order valence-corrected chi connectivity index (χ1v) is 14.6. The second kappa shape index (κ2) is 12.4. The van der Waals surface area contributed by atoms with Crippen LogP contribution in [0.2, 0.25) is 0 Å². The van der Waals surface area contributed by atoms with Crippen LogP contribution in [0, 0.1) is 5.92 Å². The molecule has 9 heteroatoms. The molecule has 1 saturated heterocycles. The number of hydrogen-bond acceptors (Lipinski definition) is 5. The van der Waals surface area contributed by atoms with Crippen molar-refractivity contribution in [1.82, 2.24) is 20.9 Å². The van der Waals surface area contributed by atoms with Crippen molar-refractivity contribution < 1.29 is 23.9 Å². The van der Waals surface area contributed by atoms with Crippen LogP contribution in [0.15, 0.2) is 42.5 Å². The summed E-state index contributed by atoms with van der Waals surface area (Å²) in [5.41, 5.74) is -0.745. The lowest BCUT2D eigenvalue weighted by atomic mass is 10.0. The zero-order chi connectivity index (χ0) is 28.9. The maximum absolute atomic E-state index is 13.7. The Labute approximate surface area is 237 Å². The molecule has 2 aliphatic heterocycles. The van der Waals surface area contributed by atoms with Crippen LogP contribution < -0.4 is 16.0 Å². The molecule has 0 spiro atoms. The predicted octanol–water partition coefficient (Wildman–Crippen LogP) is 4.14. The Morgan fingerprint density at radius 1 is 1.07 bits per heavy atom. The maximum Gasteiger partial charge on any atom is 0.408 e. The number of rotatable bonds is 4. The average molecular weight is 553 g/mol. The van der Waals surface area contributed by atoms with Crippen LogP contribution in [0.3, 0.4) is 0 Å². The number of benzene rings is 1. The summed E-state index contributed by atoms with van der Waals surface area (Å²) in [4.78, 5) is 55.1. The third kappa shape index (κ3) is 7.23.